The number of fused-ring (bicyclic) bond motifs is 1. The van der Waals surface area contributed by atoms with Gasteiger partial charge in [-0.2, -0.15) is 12.6 Å². The first-order valence-electron chi connectivity index (χ1n) is 5.72. The van der Waals surface area contributed by atoms with Crippen molar-refractivity contribution in [1.29, 1.82) is 0 Å². The van der Waals surface area contributed by atoms with Gasteiger partial charge in [0.25, 0.3) is 0 Å². The lowest BCUT2D eigenvalue weighted by Crippen LogP contribution is -2.37. The molecule has 1 atom stereocenters. The van der Waals surface area contributed by atoms with Crippen molar-refractivity contribution in [2.75, 3.05) is 13.1 Å². The van der Waals surface area contributed by atoms with Crippen molar-refractivity contribution in [2.45, 2.75) is 25.0 Å². The number of amides is 1. The molecule has 0 aromatic heterocycles. The summed E-state index contributed by atoms with van der Waals surface area (Å²) in [6, 6.07) is 8.45. The summed E-state index contributed by atoms with van der Waals surface area (Å²) in [7, 11) is 0. The van der Waals surface area contributed by atoms with E-state index in [4.69, 9.17) is 0 Å². The molecule has 0 saturated carbocycles. The predicted octanol–water partition coefficient (Wildman–Crippen LogP) is 1.93. The molecule has 0 bridgehead atoms. The molecule has 16 heavy (non-hydrogen) atoms. The van der Waals surface area contributed by atoms with Crippen molar-refractivity contribution < 1.29 is 4.79 Å². The Morgan fingerprint density at radius 3 is 2.19 bits per heavy atom. The highest BCUT2D eigenvalue weighted by Crippen LogP contribution is 2.16. The van der Waals surface area contributed by atoms with Gasteiger partial charge in [-0.05, 0) is 30.9 Å². The zero-order valence-corrected chi connectivity index (χ0v) is 10.4. The van der Waals surface area contributed by atoms with Crippen molar-refractivity contribution in [1.82, 2.24) is 4.90 Å². The normalized spacial score (nSPS) is 17.5. The molecule has 1 aliphatic heterocycles. The lowest BCUT2D eigenvalue weighted by atomic mass is 10.0. The Hall–Kier alpha value is -0.960. The van der Waals surface area contributed by atoms with Crippen LogP contribution in [0.15, 0.2) is 24.3 Å². The van der Waals surface area contributed by atoms with Gasteiger partial charge in [0, 0.05) is 13.1 Å². The van der Waals surface area contributed by atoms with E-state index in [1.165, 1.54) is 11.1 Å². The topological polar surface area (TPSA) is 20.3 Å². The molecule has 1 aromatic rings. The van der Waals surface area contributed by atoms with Crippen LogP contribution in [0.25, 0.3) is 0 Å². The van der Waals surface area contributed by atoms with Gasteiger partial charge in [0.15, 0.2) is 0 Å². The number of hydrogen-bond acceptors (Lipinski definition) is 2. The van der Waals surface area contributed by atoms with Crippen LogP contribution in [0, 0.1) is 0 Å². The number of rotatable bonds is 1. The van der Waals surface area contributed by atoms with Crippen LogP contribution in [0.1, 0.15) is 18.1 Å². The minimum Gasteiger partial charge on any atom is -0.341 e. The minimum absolute atomic E-state index is 0.149. The van der Waals surface area contributed by atoms with Crippen molar-refractivity contribution in [2.24, 2.45) is 0 Å². The second-order valence-corrected chi connectivity index (χ2v) is 5.04. The molecule has 2 nitrogen and oxygen atoms in total. The first-order chi connectivity index (χ1) is 7.68. The van der Waals surface area contributed by atoms with Gasteiger partial charge in [-0.1, -0.05) is 24.3 Å². The molecule has 1 unspecified atom stereocenters. The average Bonchev–Trinajstić information content (AvgIpc) is 2.50. The van der Waals surface area contributed by atoms with E-state index in [-0.39, 0.29) is 11.2 Å². The first kappa shape index (κ1) is 11.5. The van der Waals surface area contributed by atoms with E-state index >= 15 is 0 Å². The Labute approximate surface area is 102 Å². The second kappa shape index (κ2) is 4.91. The van der Waals surface area contributed by atoms with Gasteiger partial charge in [0.2, 0.25) is 5.91 Å². The molecule has 0 saturated heterocycles. The van der Waals surface area contributed by atoms with Gasteiger partial charge < -0.3 is 4.90 Å². The van der Waals surface area contributed by atoms with Gasteiger partial charge in [0.1, 0.15) is 0 Å². The largest absolute Gasteiger partial charge is 0.341 e. The molecule has 1 aromatic carbocycles. The lowest BCUT2D eigenvalue weighted by molar-refractivity contribution is -0.130. The highest BCUT2D eigenvalue weighted by atomic mass is 32.1. The van der Waals surface area contributed by atoms with Crippen LogP contribution in [0.2, 0.25) is 0 Å². The number of hydrogen-bond donors (Lipinski definition) is 1. The maximum atomic E-state index is 11.9. The summed E-state index contributed by atoms with van der Waals surface area (Å²) in [5.41, 5.74) is 2.76. The highest BCUT2D eigenvalue weighted by molar-refractivity contribution is 7.81. The van der Waals surface area contributed by atoms with E-state index < -0.39 is 0 Å². The van der Waals surface area contributed by atoms with Crippen molar-refractivity contribution in [3.8, 4) is 0 Å². The van der Waals surface area contributed by atoms with Crippen LogP contribution in [0.4, 0.5) is 0 Å². The zero-order chi connectivity index (χ0) is 11.5. The zero-order valence-electron chi connectivity index (χ0n) is 9.52. The number of carbonyl (C=O) groups is 1. The molecule has 0 radical (unpaired) electrons. The Balaban J connectivity index is 2.10. The van der Waals surface area contributed by atoms with Crippen LogP contribution in [-0.2, 0) is 17.6 Å². The molecule has 1 heterocycles. The molecule has 1 amide bonds. The van der Waals surface area contributed by atoms with E-state index in [0.717, 1.165) is 25.9 Å². The molecule has 0 spiro atoms. The molecule has 0 aliphatic carbocycles. The van der Waals surface area contributed by atoms with E-state index in [0.29, 0.717) is 0 Å². The Bertz CT molecular complexity index is 362. The fourth-order valence-corrected chi connectivity index (χ4v) is 2.32. The summed E-state index contributed by atoms with van der Waals surface area (Å²) in [5.74, 6) is 0.149. The number of thiol groups is 1. The third-order valence-corrected chi connectivity index (χ3v) is 3.31. The summed E-state index contributed by atoms with van der Waals surface area (Å²) in [6.07, 6.45) is 1.92. The third kappa shape index (κ3) is 2.40. The van der Waals surface area contributed by atoms with Gasteiger partial charge in [0.05, 0.1) is 5.25 Å². The summed E-state index contributed by atoms with van der Waals surface area (Å²) in [4.78, 5) is 13.8. The van der Waals surface area contributed by atoms with Crippen LogP contribution in [0.5, 0.6) is 0 Å². The maximum Gasteiger partial charge on any atom is 0.235 e. The average molecular weight is 235 g/mol. The van der Waals surface area contributed by atoms with Crippen molar-refractivity contribution in [3.63, 3.8) is 0 Å². The standard InChI is InChI=1S/C13H17NOS/c1-10(16)13(15)14-8-6-11-4-2-3-5-12(11)7-9-14/h2-5,10,16H,6-9H2,1H3. The van der Waals surface area contributed by atoms with Gasteiger partial charge >= 0.3 is 0 Å². The number of nitrogens with zero attached hydrogens (tertiary/aromatic N) is 1. The maximum absolute atomic E-state index is 11.9. The molecule has 0 N–H and O–H groups in total. The first-order valence-corrected chi connectivity index (χ1v) is 6.24. The Morgan fingerprint density at radius 1 is 1.25 bits per heavy atom. The van der Waals surface area contributed by atoms with E-state index in [2.05, 4.69) is 36.9 Å². The van der Waals surface area contributed by atoms with E-state index in [1.807, 2.05) is 11.8 Å². The molecule has 0 fully saturated rings. The highest BCUT2D eigenvalue weighted by Gasteiger charge is 2.20. The van der Waals surface area contributed by atoms with Crippen LogP contribution >= 0.6 is 12.6 Å². The molecule has 86 valence electrons. The summed E-state index contributed by atoms with van der Waals surface area (Å²) < 4.78 is 0. The summed E-state index contributed by atoms with van der Waals surface area (Å²) >= 11 is 4.21. The summed E-state index contributed by atoms with van der Waals surface area (Å²) in [6.45, 7) is 3.48. The number of benzene rings is 1. The Kier molecular flexibility index (Phi) is 3.54. The van der Waals surface area contributed by atoms with E-state index in [9.17, 15) is 4.79 Å². The molecule has 1 aliphatic rings. The second-order valence-electron chi connectivity index (χ2n) is 4.27. The minimum atomic E-state index is -0.193. The third-order valence-electron chi connectivity index (χ3n) is 3.09. The van der Waals surface area contributed by atoms with Gasteiger partial charge in [-0.3, -0.25) is 4.79 Å². The van der Waals surface area contributed by atoms with Crippen LogP contribution in [-0.4, -0.2) is 29.1 Å². The van der Waals surface area contributed by atoms with Crippen molar-refractivity contribution in [3.05, 3.63) is 35.4 Å². The molecule has 2 rings (SSSR count). The van der Waals surface area contributed by atoms with Gasteiger partial charge in [-0.25, -0.2) is 0 Å². The SMILES string of the molecule is CC(S)C(=O)N1CCc2ccccc2CC1. The predicted molar refractivity (Wildman–Crippen MR) is 68.9 cm³/mol. The number of carbonyl (C=O) groups excluding carboxylic acids is 1. The lowest BCUT2D eigenvalue weighted by Gasteiger charge is -2.21. The summed E-state index contributed by atoms with van der Waals surface area (Å²) in [5, 5.41) is -0.193. The smallest absolute Gasteiger partial charge is 0.235 e. The van der Waals surface area contributed by atoms with E-state index in [1.54, 1.807) is 0 Å². The molecular formula is C13H17NOS. The fraction of sp³-hybridized carbons (Fsp3) is 0.462. The van der Waals surface area contributed by atoms with Crippen LogP contribution in [0.3, 0.4) is 0 Å². The molecule has 3 heteroatoms. The molecular weight excluding hydrogens is 218 g/mol. The quantitative estimate of drug-likeness (QED) is 0.738. The van der Waals surface area contributed by atoms with Crippen molar-refractivity contribution >= 4 is 18.5 Å². The van der Waals surface area contributed by atoms with Crippen LogP contribution < -0.4 is 0 Å². The fourth-order valence-electron chi connectivity index (χ4n) is 2.15. The Morgan fingerprint density at radius 2 is 1.75 bits per heavy atom. The van der Waals surface area contributed by atoms with Gasteiger partial charge in [-0.15, -0.1) is 0 Å². The monoisotopic (exact) mass is 235 g/mol.